The molecule has 2 rings (SSSR count). The molecule has 2 aromatic rings. The van der Waals surface area contributed by atoms with Crippen molar-refractivity contribution in [3.05, 3.63) is 59.2 Å². The van der Waals surface area contributed by atoms with Crippen LogP contribution in [0.15, 0.2) is 42.5 Å². The molecule has 128 valence electrons. The molecule has 24 heavy (non-hydrogen) atoms. The lowest BCUT2D eigenvalue weighted by Crippen LogP contribution is -2.11. The number of esters is 1. The van der Waals surface area contributed by atoms with Crippen LogP contribution in [0.25, 0.3) is 0 Å². The quantitative estimate of drug-likeness (QED) is 0.692. The van der Waals surface area contributed by atoms with Crippen molar-refractivity contribution in [1.29, 1.82) is 0 Å². The van der Waals surface area contributed by atoms with Crippen LogP contribution in [0.2, 0.25) is 0 Å². The van der Waals surface area contributed by atoms with Crippen molar-refractivity contribution in [1.82, 2.24) is 0 Å². The van der Waals surface area contributed by atoms with Crippen molar-refractivity contribution in [2.45, 2.75) is 20.1 Å². The molecule has 0 unspecified atom stereocenters. The van der Waals surface area contributed by atoms with Crippen molar-refractivity contribution in [2.75, 3.05) is 20.8 Å². The van der Waals surface area contributed by atoms with Gasteiger partial charge in [-0.2, -0.15) is 0 Å². The third kappa shape index (κ3) is 4.49. The molecular formula is C19H22O5. The van der Waals surface area contributed by atoms with Gasteiger partial charge in [0.15, 0.2) is 0 Å². The Labute approximate surface area is 142 Å². The fourth-order valence-electron chi connectivity index (χ4n) is 2.30. The summed E-state index contributed by atoms with van der Waals surface area (Å²) in [6.45, 7) is 2.80. The summed E-state index contributed by atoms with van der Waals surface area (Å²) in [5, 5.41) is 0. The summed E-state index contributed by atoms with van der Waals surface area (Å²) in [6.07, 6.45) is 0. The zero-order valence-electron chi connectivity index (χ0n) is 14.2. The zero-order valence-corrected chi connectivity index (χ0v) is 14.2. The summed E-state index contributed by atoms with van der Waals surface area (Å²) in [7, 11) is 3.16. The Morgan fingerprint density at radius 1 is 0.958 bits per heavy atom. The van der Waals surface area contributed by atoms with Crippen LogP contribution in [-0.4, -0.2) is 26.8 Å². The number of carbonyl (C=O) groups excluding carboxylic acids is 1. The maximum atomic E-state index is 12.2. The molecule has 0 spiro atoms. The summed E-state index contributed by atoms with van der Waals surface area (Å²) in [4.78, 5) is 12.2. The van der Waals surface area contributed by atoms with E-state index in [1.807, 2.05) is 36.4 Å². The zero-order chi connectivity index (χ0) is 17.4. The van der Waals surface area contributed by atoms with Crippen molar-refractivity contribution in [2.24, 2.45) is 0 Å². The highest BCUT2D eigenvalue weighted by atomic mass is 16.5. The van der Waals surface area contributed by atoms with Crippen LogP contribution in [0.5, 0.6) is 11.5 Å². The van der Waals surface area contributed by atoms with Gasteiger partial charge >= 0.3 is 5.97 Å². The van der Waals surface area contributed by atoms with Gasteiger partial charge in [-0.1, -0.05) is 24.3 Å². The molecule has 0 aliphatic carbocycles. The number of benzene rings is 2. The largest absolute Gasteiger partial charge is 0.497 e. The van der Waals surface area contributed by atoms with Gasteiger partial charge in [0.1, 0.15) is 17.1 Å². The van der Waals surface area contributed by atoms with Gasteiger partial charge in [-0.3, -0.25) is 0 Å². The second-order valence-electron chi connectivity index (χ2n) is 5.06. The maximum absolute atomic E-state index is 12.2. The number of hydrogen-bond donors (Lipinski definition) is 0. The number of carbonyl (C=O) groups is 1. The maximum Gasteiger partial charge on any atom is 0.342 e. The first kappa shape index (κ1) is 17.8. The molecule has 5 heteroatoms. The first-order valence-electron chi connectivity index (χ1n) is 7.73. The van der Waals surface area contributed by atoms with E-state index in [0.29, 0.717) is 24.5 Å². The highest BCUT2D eigenvalue weighted by Crippen LogP contribution is 2.24. The normalized spacial score (nSPS) is 10.3. The molecule has 0 fully saturated rings. The van der Waals surface area contributed by atoms with Gasteiger partial charge in [0.05, 0.1) is 34.0 Å². The van der Waals surface area contributed by atoms with Crippen LogP contribution in [0.3, 0.4) is 0 Å². The number of rotatable bonds is 8. The van der Waals surface area contributed by atoms with Crippen LogP contribution in [0.4, 0.5) is 0 Å². The third-order valence-corrected chi connectivity index (χ3v) is 3.50. The lowest BCUT2D eigenvalue weighted by molar-refractivity contribution is 0.0512. The molecule has 5 nitrogen and oxygen atoms in total. The van der Waals surface area contributed by atoms with Crippen molar-refractivity contribution < 1.29 is 23.7 Å². The van der Waals surface area contributed by atoms with E-state index in [1.165, 1.54) is 7.11 Å². The average Bonchev–Trinajstić information content (AvgIpc) is 2.62. The SMILES string of the molecule is CCOC(=O)c1c(COCc2ccc(OC)cc2)cccc1OC. The second-order valence-corrected chi connectivity index (χ2v) is 5.06. The molecule has 0 aliphatic rings. The number of ether oxygens (including phenoxy) is 4. The Kier molecular flexibility index (Phi) is 6.63. The molecule has 0 saturated heterocycles. The monoisotopic (exact) mass is 330 g/mol. The van der Waals surface area contributed by atoms with E-state index in [2.05, 4.69) is 0 Å². The summed E-state index contributed by atoms with van der Waals surface area (Å²) in [5.74, 6) is 0.883. The highest BCUT2D eigenvalue weighted by molar-refractivity contribution is 5.94. The first-order valence-corrected chi connectivity index (χ1v) is 7.73. The van der Waals surface area contributed by atoms with Gasteiger partial charge in [0.25, 0.3) is 0 Å². The lowest BCUT2D eigenvalue weighted by Gasteiger charge is -2.13. The predicted octanol–water partition coefficient (Wildman–Crippen LogP) is 3.60. The molecule has 2 aromatic carbocycles. The second kappa shape index (κ2) is 8.93. The third-order valence-electron chi connectivity index (χ3n) is 3.50. The lowest BCUT2D eigenvalue weighted by atomic mass is 10.1. The van der Waals surface area contributed by atoms with Crippen LogP contribution >= 0.6 is 0 Å². The van der Waals surface area contributed by atoms with Gasteiger partial charge in [-0.25, -0.2) is 4.79 Å². The van der Waals surface area contributed by atoms with Crippen molar-refractivity contribution in [3.8, 4) is 11.5 Å². The minimum Gasteiger partial charge on any atom is -0.497 e. The molecule has 0 aromatic heterocycles. The summed E-state index contributed by atoms with van der Waals surface area (Å²) >= 11 is 0. The topological polar surface area (TPSA) is 54.0 Å². The Hall–Kier alpha value is -2.53. The van der Waals surface area contributed by atoms with E-state index >= 15 is 0 Å². The Balaban J connectivity index is 2.06. The van der Waals surface area contributed by atoms with Crippen LogP contribution in [-0.2, 0) is 22.7 Å². The first-order chi connectivity index (χ1) is 11.7. The molecule has 0 saturated carbocycles. The minimum absolute atomic E-state index is 0.289. The highest BCUT2D eigenvalue weighted by Gasteiger charge is 2.18. The van der Waals surface area contributed by atoms with Crippen LogP contribution in [0, 0.1) is 0 Å². The standard InChI is InChI=1S/C19H22O5/c1-4-24-19(20)18-15(6-5-7-17(18)22-3)13-23-12-14-8-10-16(21-2)11-9-14/h5-11H,4,12-13H2,1-3H3. The van der Waals surface area contributed by atoms with Crippen molar-refractivity contribution >= 4 is 5.97 Å². The van der Waals surface area contributed by atoms with E-state index in [-0.39, 0.29) is 6.61 Å². The summed E-state index contributed by atoms with van der Waals surface area (Å²) in [6, 6.07) is 13.0. The fraction of sp³-hybridized carbons (Fsp3) is 0.316. The van der Waals surface area contributed by atoms with Gasteiger partial charge in [-0.15, -0.1) is 0 Å². The fourth-order valence-corrected chi connectivity index (χ4v) is 2.30. The van der Waals surface area contributed by atoms with Crippen molar-refractivity contribution in [3.63, 3.8) is 0 Å². The Bertz CT molecular complexity index is 664. The minimum atomic E-state index is -0.405. The van der Waals surface area contributed by atoms with Gasteiger partial charge < -0.3 is 18.9 Å². The average molecular weight is 330 g/mol. The van der Waals surface area contributed by atoms with E-state index in [9.17, 15) is 4.79 Å². The number of hydrogen-bond acceptors (Lipinski definition) is 5. The smallest absolute Gasteiger partial charge is 0.342 e. The van der Waals surface area contributed by atoms with E-state index in [0.717, 1.165) is 16.9 Å². The van der Waals surface area contributed by atoms with Gasteiger partial charge in [-0.05, 0) is 36.2 Å². The molecule has 0 atom stereocenters. The summed E-state index contributed by atoms with van der Waals surface area (Å²) in [5.41, 5.74) is 2.18. The van der Waals surface area contributed by atoms with Gasteiger partial charge in [0, 0.05) is 0 Å². The van der Waals surface area contributed by atoms with E-state index in [1.54, 1.807) is 20.1 Å². The molecular weight excluding hydrogens is 308 g/mol. The molecule has 0 N–H and O–H groups in total. The molecule has 0 aliphatic heterocycles. The van der Waals surface area contributed by atoms with Crippen LogP contribution < -0.4 is 9.47 Å². The Morgan fingerprint density at radius 2 is 1.71 bits per heavy atom. The summed E-state index contributed by atoms with van der Waals surface area (Å²) < 4.78 is 21.3. The molecule has 0 radical (unpaired) electrons. The van der Waals surface area contributed by atoms with Gasteiger partial charge in [0.2, 0.25) is 0 Å². The predicted molar refractivity (Wildman–Crippen MR) is 90.4 cm³/mol. The molecule has 0 heterocycles. The Morgan fingerprint density at radius 3 is 2.33 bits per heavy atom. The molecule has 0 bridgehead atoms. The van der Waals surface area contributed by atoms with E-state index < -0.39 is 5.97 Å². The van der Waals surface area contributed by atoms with Crippen LogP contribution in [0.1, 0.15) is 28.4 Å². The molecule has 0 amide bonds. The number of methoxy groups -OCH3 is 2. The van der Waals surface area contributed by atoms with E-state index in [4.69, 9.17) is 18.9 Å².